The summed E-state index contributed by atoms with van der Waals surface area (Å²) in [6.07, 6.45) is 0.289. The molecule has 13 heavy (non-hydrogen) atoms. The van der Waals surface area contributed by atoms with Gasteiger partial charge in [-0.2, -0.15) is 0 Å². The molecule has 0 saturated carbocycles. The summed E-state index contributed by atoms with van der Waals surface area (Å²) in [7, 11) is 3.38. The third-order valence-electron chi connectivity index (χ3n) is 2.09. The Labute approximate surface area is 81.4 Å². The average Bonchev–Trinajstić information content (AvgIpc) is 2.11. The van der Waals surface area contributed by atoms with E-state index in [0.717, 1.165) is 0 Å². The van der Waals surface area contributed by atoms with Gasteiger partial charge in [0.05, 0.1) is 25.4 Å². The van der Waals surface area contributed by atoms with Crippen LogP contribution in [0.1, 0.15) is 20.8 Å². The zero-order chi connectivity index (χ0) is 10.3. The first kappa shape index (κ1) is 12.9. The van der Waals surface area contributed by atoms with Crippen molar-refractivity contribution in [2.45, 2.75) is 33.0 Å². The first-order chi connectivity index (χ1) is 6.13. The molecule has 0 aromatic heterocycles. The van der Waals surface area contributed by atoms with Crippen LogP contribution in [0.3, 0.4) is 0 Å². The second kappa shape index (κ2) is 7.30. The van der Waals surface area contributed by atoms with Gasteiger partial charge in [-0.25, -0.2) is 0 Å². The molecule has 3 heteroatoms. The Kier molecular flexibility index (Phi) is 7.23. The fraction of sp³-hybridized carbons (Fsp3) is 1.00. The molecule has 2 unspecified atom stereocenters. The Bertz CT molecular complexity index is 115. The van der Waals surface area contributed by atoms with Gasteiger partial charge in [-0.1, -0.05) is 13.8 Å². The van der Waals surface area contributed by atoms with Crippen LogP contribution >= 0.6 is 0 Å². The maximum atomic E-state index is 5.65. The van der Waals surface area contributed by atoms with Gasteiger partial charge in [0.1, 0.15) is 0 Å². The Morgan fingerprint density at radius 3 is 2.00 bits per heavy atom. The van der Waals surface area contributed by atoms with E-state index in [9.17, 15) is 0 Å². The molecule has 0 aliphatic carbocycles. The molecule has 0 aliphatic rings. The van der Waals surface area contributed by atoms with Crippen LogP contribution in [0, 0.1) is 5.92 Å². The smallest absolute Gasteiger partial charge is 0.0857 e. The Balaban J connectivity index is 3.80. The van der Waals surface area contributed by atoms with E-state index in [1.54, 1.807) is 14.2 Å². The molecule has 3 nitrogen and oxygen atoms in total. The molecule has 0 bridgehead atoms. The number of hydrogen-bond donors (Lipinski definition) is 0. The molecule has 0 spiro atoms. The second-order valence-electron chi connectivity index (χ2n) is 3.51. The predicted molar refractivity (Wildman–Crippen MR) is 52.9 cm³/mol. The van der Waals surface area contributed by atoms with Gasteiger partial charge in [-0.05, 0) is 12.8 Å². The lowest BCUT2D eigenvalue weighted by Crippen LogP contribution is -2.34. The van der Waals surface area contributed by atoms with E-state index in [1.807, 2.05) is 6.92 Å². The highest BCUT2D eigenvalue weighted by Gasteiger charge is 2.20. The molecule has 0 heterocycles. The minimum atomic E-state index is 0.136. The number of hydrogen-bond acceptors (Lipinski definition) is 3. The van der Waals surface area contributed by atoms with Gasteiger partial charge in [0, 0.05) is 14.2 Å². The summed E-state index contributed by atoms with van der Waals surface area (Å²) >= 11 is 0. The Hall–Kier alpha value is -0.120. The van der Waals surface area contributed by atoms with Crippen molar-refractivity contribution in [3.8, 4) is 0 Å². The molecule has 0 aliphatic heterocycles. The van der Waals surface area contributed by atoms with E-state index in [-0.39, 0.29) is 12.2 Å². The number of rotatable bonds is 7. The summed E-state index contributed by atoms with van der Waals surface area (Å²) < 4.78 is 15.8. The quantitative estimate of drug-likeness (QED) is 0.572. The molecule has 0 radical (unpaired) electrons. The second-order valence-corrected chi connectivity index (χ2v) is 3.51. The molecule has 0 N–H and O–H groups in total. The van der Waals surface area contributed by atoms with Crippen LogP contribution in [0.5, 0.6) is 0 Å². The van der Waals surface area contributed by atoms with Crippen molar-refractivity contribution in [3.63, 3.8) is 0 Å². The lowest BCUT2D eigenvalue weighted by molar-refractivity contribution is -0.0802. The van der Waals surface area contributed by atoms with E-state index < -0.39 is 0 Å². The van der Waals surface area contributed by atoms with Crippen LogP contribution in [0.2, 0.25) is 0 Å². The van der Waals surface area contributed by atoms with Crippen LogP contribution in [-0.4, -0.2) is 39.6 Å². The van der Waals surface area contributed by atoms with Crippen molar-refractivity contribution < 1.29 is 14.2 Å². The zero-order valence-corrected chi connectivity index (χ0v) is 9.37. The topological polar surface area (TPSA) is 27.7 Å². The largest absolute Gasteiger partial charge is 0.382 e. The van der Waals surface area contributed by atoms with Crippen LogP contribution in [0.25, 0.3) is 0 Å². The van der Waals surface area contributed by atoms with Crippen molar-refractivity contribution >= 4 is 0 Å². The SMILES string of the molecule is COCCOC(C(C)C)C(C)OC. The Morgan fingerprint density at radius 2 is 1.62 bits per heavy atom. The fourth-order valence-corrected chi connectivity index (χ4v) is 1.27. The number of methoxy groups -OCH3 is 2. The Morgan fingerprint density at radius 1 is 1.00 bits per heavy atom. The summed E-state index contributed by atoms with van der Waals surface area (Å²) in [6.45, 7) is 7.56. The molecule has 2 atom stereocenters. The van der Waals surface area contributed by atoms with Crippen molar-refractivity contribution in [2.24, 2.45) is 5.92 Å². The van der Waals surface area contributed by atoms with E-state index >= 15 is 0 Å². The standard InChI is InChI=1S/C10H22O3/c1-8(2)10(9(3)12-5)13-7-6-11-4/h8-10H,6-7H2,1-5H3. The van der Waals surface area contributed by atoms with Gasteiger partial charge >= 0.3 is 0 Å². The van der Waals surface area contributed by atoms with Gasteiger partial charge < -0.3 is 14.2 Å². The summed E-state index contributed by atoms with van der Waals surface area (Å²) in [5.41, 5.74) is 0. The molecule has 0 saturated heterocycles. The van der Waals surface area contributed by atoms with E-state index in [2.05, 4.69) is 13.8 Å². The van der Waals surface area contributed by atoms with Crippen molar-refractivity contribution in [1.29, 1.82) is 0 Å². The molecule has 0 aromatic carbocycles. The normalized spacial score (nSPS) is 16.2. The maximum Gasteiger partial charge on any atom is 0.0857 e. The van der Waals surface area contributed by atoms with Crippen LogP contribution < -0.4 is 0 Å². The van der Waals surface area contributed by atoms with E-state index in [0.29, 0.717) is 19.1 Å². The van der Waals surface area contributed by atoms with E-state index in [1.165, 1.54) is 0 Å². The zero-order valence-electron chi connectivity index (χ0n) is 9.37. The molecule has 0 fully saturated rings. The predicted octanol–water partition coefficient (Wildman–Crippen LogP) is 1.71. The average molecular weight is 190 g/mol. The molecule has 0 amide bonds. The van der Waals surface area contributed by atoms with Crippen molar-refractivity contribution in [1.82, 2.24) is 0 Å². The summed E-state index contributed by atoms with van der Waals surface area (Å²) in [5.74, 6) is 0.465. The van der Waals surface area contributed by atoms with Crippen LogP contribution in [0.4, 0.5) is 0 Å². The molecule has 0 aromatic rings. The van der Waals surface area contributed by atoms with Crippen molar-refractivity contribution in [2.75, 3.05) is 27.4 Å². The van der Waals surface area contributed by atoms with Crippen LogP contribution in [0.15, 0.2) is 0 Å². The van der Waals surface area contributed by atoms with Gasteiger partial charge in [-0.15, -0.1) is 0 Å². The minimum absolute atomic E-state index is 0.136. The summed E-state index contributed by atoms with van der Waals surface area (Å²) in [5, 5.41) is 0. The van der Waals surface area contributed by atoms with Gasteiger partial charge in [0.15, 0.2) is 0 Å². The van der Waals surface area contributed by atoms with Crippen LogP contribution in [-0.2, 0) is 14.2 Å². The summed E-state index contributed by atoms with van der Waals surface area (Å²) in [4.78, 5) is 0. The first-order valence-corrected chi connectivity index (χ1v) is 4.76. The van der Waals surface area contributed by atoms with Gasteiger partial charge in [0.25, 0.3) is 0 Å². The fourth-order valence-electron chi connectivity index (χ4n) is 1.27. The molecule has 0 rings (SSSR count). The third-order valence-corrected chi connectivity index (χ3v) is 2.09. The highest BCUT2D eigenvalue weighted by Crippen LogP contribution is 2.13. The highest BCUT2D eigenvalue weighted by atomic mass is 16.5. The maximum absolute atomic E-state index is 5.65. The lowest BCUT2D eigenvalue weighted by Gasteiger charge is -2.26. The molecular weight excluding hydrogens is 168 g/mol. The lowest BCUT2D eigenvalue weighted by atomic mass is 10.0. The first-order valence-electron chi connectivity index (χ1n) is 4.76. The van der Waals surface area contributed by atoms with E-state index in [4.69, 9.17) is 14.2 Å². The number of ether oxygens (including phenoxy) is 3. The molecule has 80 valence electrons. The minimum Gasteiger partial charge on any atom is -0.382 e. The summed E-state index contributed by atoms with van der Waals surface area (Å²) in [6, 6.07) is 0. The molecular formula is C10H22O3. The monoisotopic (exact) mass is 190 g/mol. The third kappa shape index (κ3) is 5.24. The van der Waals surface area contributed by atoms with Crippen molar-refractivity contribution in [3.05, 3.63) is 0 Å². The highest BCUT2D eigenvalue weighted by molar-refractivity contribution is 4.69. The van der Waals surface area contributed by atoms with Gasteiger partial charge in [0.2, 0.25) is 0 Å². The van der Waals surface area contributed by atoms with Gasteiger partial charge in [-0.3, -0.25) is 0 Å².